The van der Waals surface area contributed by atoms with Gasteiger partial charge in [0.2, 0.25) is 0 Å². The molecule has 1 saturated heterocycles. The Kier molecular flexibility index (Phi) is 13.7. The topological polar surface area (TPSA) is 97.8 Å². The third kappa shape index (κ3) is 9.27. The van der Waals surface area contributed by atoms with Gasteiger partial charge in [0.1, 0.15) is 5.75 Å². The van der Waals surface area contributed by atoms with Gasteiger partial charge in [0.15, 0.2) is 25.5 Å². The maximum atomic E-state index is 14.2. The van der Waals surface area contributed by atoms with E-state index in [4.69, 9.17) is 4.74 Å². The monoisotopic (exact) mass is 731 g/mol. The number of carbonyl (C=O) groups excluding carboxylic acids is 1. The quantitative estimate of drug-likeness (QED) is 0.0841. The molecule has 0 radical (unpaired) electrons. The second-order valence-corrected chi connectivity index (χ2v) is 17.6. The number of carbonyl (C=O) groups is 1. The van der Waals surface area contributed by atoms with E-state index in [0.29, 0.717) is 56.9 Å². The van der Waals surface area contributed by atoms with Gasteiger partial charge in [-0.05, 0) is 99.3 Å². The largest absolute Gasteiger partial charge is 0.494 e. The van der Waals surface area contributed by atoms with Crippen molar-refractivity contribution in [2.75, 3.05) is 37.7 Å². The molecule has 1 aliphatic rings. The van der Waals surface area contributed by atoms with Crippen LogP contribution in [0.1, 0.15) is 81.1 Å². The van der Waals surface area contributed by atoms with E-state index < -0.39 is 19.7 Å². The molecule has 48 heavy (non-hydrogen) atoms. The summed E-state index contributed by atoms with van der Waals surface area (Å²) < 4.78 is 58.3. The zero-order valence-corrected chi connectivity index (χ0v) is 31.0. The number of hydrogen-bond donors (Lipinski definition) is 0. The van der Waals surface area contributed by atoms with Gasteiger partial charge in [0.05, 0.1) is 27.9 Å². The summed E-state index contributed by atoms with van der Waals surface area (Å²) in [7, 11) is -6.88. The number of likely N-dealkylation sites (tertiary alicyclic amines) is 1. The predicted molar refractivity (Wildman–Crippen MR) is 199 cm³/mol. The number of sulfone groups is 2. The highest BCUT2D eigenvalue weighted by molar-refractivity contribution is 7.91. The molecule has 0 bridgehead atoms. The number of fused-ring (bicyclic) bond motifs is 1. The summed E-state index contributed by atoms with van der Waals surface area (Å²) in [4.78, 5) is 17.8. The summed E-state index contributed by atoms with van der Waals surface area (Å²) in [6.45, 7) is 7.87. The van der Waals surface area contributed by atoms with Crippen molar-refractivity contribution in [2.24, 2.45) is 0 Å². The summed E-state index contributed by atoms with van der Waals surface area (Å²) >= 11 is 1.35. The molecule has 0 aliphatic carbocycles. The fourth-order valence-corrected chi connectivity index (χ4v) is 10.2. The lowest BCUT2D eigenvalue weighted by Crippen LogP contribution is -2.31. The fourth-order valence-electron chi connectivity index (χ4n) is 5.93. The minimum absolute atomic E-state index is 0. The molecule has 1 aromatic heterocycles. The normalized spacial score (nSPS) is 14.1. The van der Waals surface area contributed by atoms with E-state index >= 15 is 0 Å². The van der Waals surface area contributed by atoms with Crippen LogP contribution in [0.4, 0.5) is 0 Å². The van der Waals surface area contributed by atoms with Gasteiger partial charge in [-0.25, -0.2) is 16.8 Å². The van der Waals surface area contributed by atoms with Gasteiger partial charge in [-0.3, -0.25) is 4.79 Å². The Morgan fingerprint density at radius 1 is 0.771 bits per heavy atom. The van der Waals surface area contributed by atoms with E-state index in [-0.39, 0.29) is 39.5 Å². The van der Waals surface area contributed by atoms with Crippen molar-refractivity contribution >= 4 is 59.3 Å². The van der Waals surface area contributed by atoms with Crippen molar-refractivity contribution in [1.82, 2.24) is 4.90 Å². The number of thiophene rings is 1. The van der Waals surface area contributed by atoms with Crippen LogP contribution in [0.5, 0.6) is 5.75 Å². The zero-order chi connectivity index (χ0) is 33.4. The number of unbranched alkanes of at least 4 members (excludes halogenated alkanes) is 2. The van der Waals surface area contributed by atoms with E-state index in [0.717, 1.165) is 38.9 Å². The van der Waals surface area contributed by atoms with Crippen LogP contribution in [-0.2, 0) is 19.7 Å². The molecule has 0 saturated carbocycles. The van der Waals surface area contributed by atoms with E-state index in [1.165, 1.54) is 30.6 Å². The van der Waals surface area contributed by atoms with E-state index in [1.807, 2.05) is 26.0 Å². The van der Waals surface area contributed by atoms with Crippen molar-refractivity contribution in [3.8, 4) is 16.2 Å². The van der Waals surface area contributed by atoms with Gasteiger partial charge in [-0.1, -0.05) is 51.3 Å². The summed E-state index contributed by atoms with van der Waals surface area (Å²) in [6.07, 6.45) is 7.52. The van der Waals surface area contributed by atoms with Crippen LogP contribution in [-0.4, -0.2) is 65.3 Å². The molecule has 1 aliphatic heterocycles. The van der Waals surface area contributed by atoms with Crippen LogP contribution in [0, 0.1) is 0 Å². The zero-order valence-electron chi connectivity index (χ0n) is 27.8. The highest BCUT2D eigenvalue weighted by atomic mass is 35.5. The molecule has 4 aromatic rings. The molecule has 0 amide bonds. The van der Waals surface area contributed by atoms with Crippen LogP contribution in [0.25, 0.3) is 20.5 Å². The van der Waals surface area contributed by atoms with E-state index in [1.54, 1.807) is 54.6 Å². The standard InChI is InChI=1S/C37H45NO6S3.ClH/c1-3-5-25-46(40,41)31-17-13-29(14-18-31)37-35(33-20-19-32(27-34(33)45-37)47(42,43)26-6-4-2)36(39)28-11-15-30(16-12-28)44-24-10-23-38-21-8-7-9-22-38;/h11-20,27H,3-10,21-26H2,1-2H3;1H. The lowest BCUT2D eigenvalue weighted by molar-refractivity contribution is 0.104. The van der Waals surface area contributed by atoms with Gasteiger partial charge in [-0.2, -0.15) is 0 Å². The van der Waals surface area contributed by atoms with Crippen LogP contribution in [0.3, 0.4) is 0 Å². The molecule has 0 unspecified atom stereocenters. The van der Waals surface area contributed by atoms with Crippen molar-refractivity contribution < 1.29 is 26.4 Å². The molecule has 5 rings (SSSR count). The van der Waals surface area contributed by atoms with Crippen molar-refractivity contribution in [3.05, 3.63) is 77.9 Å². The fraction of sp³-hybridized carbons (Fsp3) is 0.432. The second kappa shape index (κ2) is 17.3. The first-order valence-electron chi connectivity index (χ1n) is 16.8. The molecule has 0 atom stereocenters. The number of nitrogens with zero attached hydrogens (tertiary/aromatic N) is 1. The number of hydrogen-bond acceptors (Lipinski definition) is 8. The minimum Gasteiger partial charge on any atom is -0.494 e. The van der Waals surface area contributed by atoms with Crippen LogP contribution in [0.2, 0.25) is 0 Å². The summed E-state index contributed by atoms with van der Waals surface area (Å²) in [5.74, 6) is 0.671. The molecule has 7 nitrogen and oxygen atoms in total. The second-order valence-electron chi connectivity index (χ2n) is 12.3. The Morgan fingerprint density at radius 2 is 1.38 bits per heavy atom. The maximum absolute atomic E-state index is 14.2. The van der Waals surface area contributed by atoms with Gasteiger partial charge >= 0.3 is 0 Å². The van der Waals surface area contributed by atoms with Crippen molar-refractivity contribution in [3.63, 3.8) is 0 Å². The Bertz CT molecular complexity index is 1880. The summed E-state index contributed by atoms with van der Waals surface area (Å²) in [6, 6.07) is 18.8. The Hall–Kier alpha value is -2.76. The first-order valence-corrected chi connectivity index (χ1v) is 20.9. The van der Waals surface area contributed by atoms with Crippen LogP contribution < -0.4 is 4.74 Å². The highest BCUT2D eigenvalue weighted by Crippen LogP contribution is 2.41. The lowest BCUT2D eigenvalue weighted by atomic mass is 9.97. The lowest BCUT2D eigenvalue weighted by Gasteiger charge is -2.26. The molecule has 11 heteroatoms. The number of ketones is 1. The van der Waals surface area contributed by atoms with Crippen molar-refractivity contribution in [1.29, 1.82) is 0 Å². The third-order valence-corrected chi connectivity index (χ3v) is 13.5. The number of piperidine rings is 1. The average Bonchev–Trinajstić information content (AvgIpc) is 3.48. The molecule has 2 heterocycles. The minimum atomic E-state index is -3.47. The van der Waals surface area contributed by atoms with Gasteiger partial charge < -0.3 is 9.64 Å². The van der Waals surface area contributed by atoms with Crippen molar-refractivity contribution in [2.45, 2.75) is 75.0 Å². The van der Waals surface area contributed by atoms with Gasteiger partial charge in [-0.15, -0.1) is 23.7 Å². The molecule has 0 spiro atoms. The third-order valence-electron chi connectivity index (χ3n) is 8.71. The van der Waals surface area contributed by atoms with Gasteiger partial charge in [0.25, 0.3) is 0 Å². The van der Waals surface area contributed by atoms with E-state index in [9.17, 15) is 21.6 Å². The van der Waals surface area contributed by atoms with E-state index in [2.05, 4.69) is 4.90 Å². The van der Waals surface area contributed by atoms with Crippen LogP contribution in [0.15, 0.2) is 76.5 Å². The molecule has 260 valence electrons. The molecular weight excluding hydrogens is 686 g/mol. The summed E-state index contributed by atoms with van der Waals surface area (Å²) in [5, 5.41) is 0.669. The molecule has 1 fully saturated rings. The predicted octanol–water partition coefficient (Wildman–Crippen LogP) is 8.62. The number of rotatable bonds is 16. The van der Waals surface area contributed by atoms with Gasteiger partial charge in [0, 0.05) is 32.6 Å². The van der Waals surface area contributed by atoms with Crippen LogP contribution >= 0.6 is 23.7 Å². The number of halogens is 1. The first kappa shape index (κ1) is 38.0. The first-order chi connectivity index (χ1) is 22.6. The molecule has 3 aromatic carbocycles. The number of ether oxygens (including phenoxy) is 1. The maximum Gasteiger partial charge on any atom is 0.195 e. The highest BCUT2D eigenvalue weighted by Gasteiger charge is 2.24. The Balaban J connectivity index is 0.00000520. The Morgan fingerprint density at radius 3 is 2.00 bits per heavy atom. The summed E-state index contributed by atoms with van der Waals surface area (Å²) in [5.41, 5.74) is 1.66. The SMILES string of the molecule is CCCCS(=O)(=O)c1ccc(-c2sc3cc(S(=O)(=O)CCCC)ccc3c2C(=O)c2ccc(OCCCN3CCCCC3)cc2)cc1.Cl. The average molecular weight is 732 g/mol. The smallest absolute Gasteiger partial charge is 0.195 e. The number of benzene rings is 3. The molecular formula is C37H46ClNO6S3. The Labute approximate surface area is 296 Å². The molecule has 0 N–H and O–H groups in total.